The molecule has 176 valence electrons. The first kappa shape index (κ1) is 24.3. The molecule has 2 aromatic heterocycles. The molecule has 0 unspecified atom stereocenters. The summed E-state index contributed by atoms with van der Waals surface area (Å²) in [4.78, 5) is 24.7. The second-order valence-corrected chi connectivity index (χ2v) is 8.89. The van der Waals surface area contributed by atoms with E-state index in [1.54, 1.807) is 19.1 Å². The minimum absolute atomic E-state index is 0.253. The SMILES string of the molecule is COC(=O)[C@@H](C)CCOc1ccc(-c2nc3c(Cl)ncnc3n2Cc2cccc(Cl)c2)c(Cl)c1. The summed E-state index contributed by atoms with van der Waals surface area (Å²) in [5, 5.41) is 1.34. The van der Waals surface area contributed by atoms with Crippen LogP contribution < -0.4 is 4.74 Å². The summed E-state index contributed by atoms with van der Waals surface area (Å²) < 4.78 is 12.4. The topological polar surface area (TPSA) is 79.1 Å². The standard InChI is InChI=1S/C24H21Cl3N4O3/c1-14(24(32)33-2)8-9-34-17-6-7-18(19(26)11-17)22-30-20-21(27)28-13-29-23(20)31(22)12-15-4-3-5-16(25)10-15/h3-7,10-11,13-14H,8-9,12H2,1-2H3/t14-/m0/s1. The van der Waals surface area contributed by atoms with E-state index < -0.39 is 0 Å². The van der Waals surface area contributed by atoms with Crippen molar-refractivity contribution in [2.24, 2.45) is 5.92 Å². The van der Waals surface area contributed by atoms with E-state index in [1.165, 1.54) is 13.4 Å². The summed E-state index contributed by atoms with van der Waals surface area (Å²) in [6.07, 6.45) is 1.93. The van der Waals surface area contributed by atoms with Gasteiger partial charge in [-0.1, -0.05) is 53.9 Å². The lowest BCUT2D eigenvalue weighted by atomic mass is 10.1. The van der Waals surface area contributed by atoms with Crippen LogP contribution in [0.2, 0.25) is 15.2 Å². The fraction of sp³-hybridized carbons (Fsp3) is 0.250. The third kappa shape index (κ3) is 5.27. The van der Waals surface area contributed by atoms with Gasteiger partial charge in [-0.15, -0.1) is 0 Å². The fourth-order valence-corrected chi connectivity index (χ4v) is 4.16. The number of benzene rings is 2. The van der Waals surface area contributed by atoms with Gasteiger partial charge in [0.05, 0.1) is 31.2 Å². The normalized spacial score (nSPS) is 12.0. The van der Waals surface area contributed by atoms with E-state index in [2.05, 4.69) is 9.97 Å². The Hall–Kier alpha value is -2.87. The summed E-state index contributed by atoms with van der Waals surface area (Å²) in [7, 11) is 1.37. The Bertz CT molecular complexity index is 1340. The lowest BCUT2D eigenvalue weighted by molar-refractivity contribution is -0.145. The number of aromatic nitrogens is 4. The molecule has 0 spiro atoms. The van der Waals surface area contributed by atoms with E-state index in [9.17, 15) is 4.79 Å². The summed E-state index contributed by atoms with van der Waals surface area (Å²) in [6, 6.07) is 12.9. The van der Waals surface area contributed by atoms with Crippen LogP contribution in [-0.4, -0.2) is 39.2 Å². The van der Waals surface area contributed by atoms with E-state index in [-0.39, 0.29) is 17.0 Å². The van der Waals surface area contributed by atoms with Crippen LogP contribution in [0.5, 0.6) is 5.75 Å². The van der Waals surface area contributed by atoms with Crippen molar-refractivity contribution in [3.63, 3.8) is 0 Å². The minimum atomic E-state index is -0.266. The third-order valence-corrected chi connectivity index (χ3v) is 6.15. The molecule has 2 heterocycles. The summed E-state index contributed by atoms with van der Waals surface area (Å²) >= 11 is 19.1. The van der Waals surface area contributed by atoms with Crippen LogP contribution in [0, 0.1) is 5.92 Å². The number of hydrogen-bond donors (Lipinski definition) is 0. The maximum Gasteiger partial charge on any atom is 0.308 e. The van der Waals surface area contributed by atoms with Gasteiger partial charge in [-0.25, -0.2) is 15.0 Å². The van der Waals surface area contributed by atoms with Crippen LogP contribution in [0.15, 0.2) is 48.8 Å². The van der Waals surface area contributed by atoms with Crippen LogP contribution in [-0.2, 0) is 16.1 Å². The second-order valence-electron chi connectivity index (χ2n) is 7.69. The van der Waals surface area contributed by atoms with Gasteiger partial charge in [0, 0.05) is 10.6 Å². The lowest BCUT2D eigenvalue weighted by Gasteiger charge is -2.13. The monoisotopic (exact) mass is 518 g/mol. The van der Waals surface area contributed by atoms with Crippen molar-refractivity contribution in [1.82, 2.24) is 19.5 Å². The molecule has 10 heteroatoms. The van der Waals surface area contributed by atoms with Crippen LogP contribution >= 0.6 is 34.8 Å². The molecule has 0 aliphatic rings. The zero-order valence-corrected chi connectivity index (χ0v) is 20.7. The molecule has 0 saturated heterocycles. The molecule has 4 rings (SSSR count). The summed E-state index contributed by atoms with van der Waals surface area (Å²) in [5.74, 6) is 0.656. The number of carbonyl (C=O) groups excluding carboxylic acids is 1. The predicted octanol–water partition coefficient (Wildman–Crippen LogP) is 6.08. The molecule has 0 bridgehead atoms. The average Bonchev–Trinajstić information content (AvgIpc) is 3.18. The number of esters is 1. The highest BCUT2D eigenvalue weighted by Crippen LogP contribution is 2.34. The highest BCUT2D eigenvalue weighted by Gasteiger charge is 2.19. The Kier molecular flexibility index (Phi) is 7.56. The van der Waals surface area contributed by atoms with Crippen molar-refractivity contribution in [3.05, 3.63) is 69.6 Å². The number of ether oxygens (including phenoxy) is 2. The fourth-order valence-electron chi connectivity index (χ4n) is 3.52. The lowest BCUT2D eigenvalue weighted by Crippen LogP contribution is -2.15. The molecule has 2 aromatic carbocycles. The van der Waals surface area contributed by atoms with Gasteiger partial charge in [-0.3, -0.25) is 4.79 Å². The van der Waals surface area contributed by atoms with Gasteiger partial charge in [0.15, 0.2) is 10.8 Å². The van der Waals surface area contributed by atoms with Crippen molar-refractivity contribution in [1.29, 1.82) is 0 Å². The molecule has 1 atom stereocenters. The smallest absolute Gasteiger partial charge is 0.308 e. The number of hydrogen-bond acceptors (Lipinski definition) is 6. The van der Waals surface area contributed by atoms with Crippen molar-refractivity contribution < 1.29 is 14.3 Å². The van der Waals surface area contributed by atoms with Crippen molar-refractivity contribution >= 4 is 51.9 Å². The van der Waals surface area contributed by atoms with Gasteiger partial charge in [-0.05, 0) is 42.3 Å². The first-order valence-corrected chi connectivity index (χ1v) is 11.6. The number of imidazole rings is 1. The largest absolute Gasteiger partial charge is 0.494 e. The molecule has 34 heavy (non-hydrogen) atoms. The van der Waals surface area contributed by atoms with Gasteiger partial charge >= 0.3 is 5.97 Å². The molecule has 7 nitrogen and oxygen atoms in total. The van der Waals surface area contributed by atoms with Gasteiger partial charge < -0.3 is 14.0 Å². The Balaban J connectivity index is 1.65. The van der Waals surface area contributed by atoms with E-state index in [1.807, 2.05) is 34.9 Å². The Labute approximate surface area is 211 Å². The first-order valence-electron chi connectivity index (χ1n) is 10.5. The Morgan fingerprint density at radius 1 is 1.12 bits per heavy atom. The maximum atomic E-state index is 11.6. The molecule has 0 aliphatic carbocycles. The quantitative estimate of drug-likeness (QED) is 0.207. The van der Waals surface area contributed by atoms with E-state index in [4.69, 9.17) is 49.3 Å². The summed E-state index contributed by atoms with van der Waals surface area (Å²) in [6.45, 7) is 2.61. The maximum absolute atomic E-state index is 11.6. The highest BCUT2D eigenvalue weighted by molar-refractivity contribution is 6.34. The molecule has 0 aliphatic heterocycles. The molecular weight excluding hydrogens is 499 g/mol. The number of halogens is 3. The second kappa shape index (κ2) is 10.6. The zero-order chi connectivity index (χ0) is 24.2. The van der Waals surface area contributed by atoms with Gasteiger partial charge in [0.25, 0.3) is 0 Å². The number of rotatable bonds is 8. The molecule has 0 N–H and O–H groups in total. The van der Waals surface area contributed by atoms with E-state index >= 15 is 0 Å². The molecule has 0 amide bonds. The van der Waals surface area contributed by atoms with Gasteiger partial charge in [0.2, 0.25) is 0 Å². The van der Waals surface area contributed by atoms with E-state index in [0.717, 1.165) is 5.56 Å². The highest BCUT2D eigenvalue weighted by atomic mass is 35.5. The number of nitrogens with zero attached hydrogens (tertiary/aromatic N) is 4. The third-order valence-electron chi connectivity index (χ3n) is 5.32. The van der Waals surface area contributed by atoms with E-state index in [0.29, 0.717) is 57.9 Å². The Morgan fingerprint density at radius 3 is 2.68 bits per heavy atom. The molecule has 0 radical (unpaired) electrons. The van der Waals surface area contributed by atoms with Crippen molar-refractivity contribution in [2.75, 3.05) is 13.7 Å². The van der Waals surface area contributed by atoms with Crippen LogP contribution in [0.4, 0.5) is 0 Å². The van der Waals surface area contributed by atoms with Crippen LogP contribution in [0.1, 0.15) is 18.9 Å². The molecule has 0 saturated carbocycles. The van der Waals surface area contributed by atoms with Crippen molar-refractivity contribution in [2.45, 2.75) is 19.9 Å². The molecular formula is C24H21Cl3N4O3. The molecule has 0 fully saturated rings. The first-order chi connectivity index (χ1) is 16.4. The number of carbonyl (C=O) groups is 1. The van der Waals surface area contributed by atoms with Gasteiger partial charge in [0.1, 0.15) is 23.4 Å². The average molecular weight is 520 g/mol. The minimum Gasteiger partial charge on any atom is -0.494 e. The van der Waals surface area contributed by atoms with Gasteiger partial charge in [-0.2, -0.15) is 0 Å². The van der Waals surface area contributed by atoms with Crippen LogP contribution in [0.25, 0.3) is 22.6 Å². The Morgan fingerprint density at radius 2 is 1.94 bits per heavy atom. The predicted molar refractivity (Wildman–Crippen MR) is 133 cm³/mol. The molecule has 4 aromatic rings. The number of fused-ring (bicyclic) bond motifs is 1. The zero-order valence-electron chi connectivity index (χ0n) is 18.5. The van der Waals surface area contributed by atoms with Crippen molar-refractivity contribution in [3.8, 4) is 17.1 Å². The number of methoxy groups -OCH3 is 1. The van der Waals surface area contributed by atoms with Crippen LogP contribution in [0.3, 0.4) is 0 Å². The summed E-state index contributed by atoms with van der Waals surface area (Å²) in [5.41, 5.74) is 2.73.